The molecule has 0 aromatic heterocycles. The van der Waals surface area contributed by atoms with Gasteiger partial charge in [0.25, 0.3) is 0 Å². The monoisotopic (exact) mass is 364 g/mol. The predicted octanol–water partition coefficient (Wildman–Crippen LogP) is 6.03. The van der Waals surface area contributed by atoms with E-state index in [4.69, 9.17) is 0 Å². The van der Waals surface area contributed by atoms with Crippen molar-refractivity contribution in [1.29, 1.82) is 5.26 Å². The number of halogens is 1. The summed E-state index contributed by atoms with van der Waals surface area (Å²) in [7, 11) is 0. The molecule has 1 aliphatic heterocycles. The number of nitriles is 1. The lowest BCUT2D eigenvalue weighted by Crippen LogP contribution is -2.46. The van der Waals surface area contributed by atoms with Gasteiger partial charge in [-0.15, -0.1) is 0 Å². The van der Waals surface area contributed by atoms with Crippen LogP contribution in [0.3, 0.4) is 0 Å². The van der Waals surface area contributed by atoms with Crippen molar-refractivity contribution in [3.63, 3.8) is 0 Å². The highest BCUT2D eigenvalue weighted by Gasteiger charge is 2.43. The largest absolute Gasteiger partial charge is 0.299 e. The van der Waals surface area contributed by atoms with E-state index >= 15 is 0 Å². The van der Waals surface area contributed by atoms with Crippen LogP contribution in [-0.2, 0) is 6.54 Å². The second kappa shape index (κ2) is 7.82. The van der Waals surface area contributed by atoms with Crippen LogP contribution in [0.5, 0.6) is 0 Å². The van der Waals surface area contributed by atoms with E-state index in [1.165, 1.54) is 0 Å². The third-order valence-electron chi connectivity index (χ3n) is 6.35. The average Bonchev–Trinajstić information content (AvgIpc) is 2.63. The van der Waals surface area contributed by atoms with Crippen LogP contribution in [0.25, 0.3) is 11.1 Å². The zero-order valence-corrected chi connectivity index (χ0v) is 16.6. The van der Waals surface area contributed by atoms with Gasteiger partial charge >= 0.3 is 0 Å². The van der Waals surface area contributed by atoms with Gasteiger partial charge in [0.05, 0.1) is 6.07 Å². The molecule has 0 N–H and O–H groups in total. The maximum absolute atomic E-state index is 14.6. The van der Waals surface area contributed by atoms with Gasteiger partial charge in [0.1, 0.15) is 5.82 Å². The first-order valence-corrected chi connectivity index (χ1v) is 9.78. The zero-order chi connectivity index (χ0) is 19.5. The fraction of sp³-hybridized carbons (Fsp3) is 0.458. The molecule has 0 amide bonds. The molecule has 0 atom stereocenters. The summed E-state index contributed by atoms with van der Waals surface area (Å²) in [6.07, 6.45) is 2.66. The van der Waals surface area contributed by atoms with Crippen LogP contribution in [0, 0.1) is 28.0 Å². The summed E-state index contributed by atoms with van der Waals surface area (Å²) in [4.78, 5) is 2.39. The number of likely N-dealkylation sites (tertiary alicyclic amines) is 1. The van der Waals surface area contributed by atoms with E-state index in [1.54, 1.807) is 6.07 Å². The number of nitrogens with zero attached hydrogens (tertiary/aromatic N) is 2. The normalized spacial score (nSPS) is 17.4. The Bertz CT molecular complexity index is 807. The number of hydrogen-bond donors (Lipinski definition) is 0. The highest BCUT2D eigenvalue weighted by atomic mass is 19.1. The molecule has 1 fully saturated rings. The Labute approximate surface area is 162 Å². The SMILES string of the molecule is CC(C)(C)C1(CC#N)CCN(Cc2ccc(-c3ccccc3)c(F)c2)CC1. The molecular formula is C24H29FN2. The molecular weight excluding hydrogens is 335 g/mol. The van der Waals surface area contributed by atoms with Gasteiger partial charge in [-0.25, -0.2) is 4.39 Å². The molecule has 0 spiro atoms. The number of rotatable bonds is 4. The minimum atomic E-state index is -0.163. The van der Waals surface area contributed by atoms with Crippen LogP contribution in [0.15, 0.2) is 48.5 Å². The number of hydrogen-bond acceptors (Lipinski definition) is 2. The van der Waals surface area contributed by atoms with Crippen molar-refractivity contribution in [1.82, 2.24) is 4.90 Å². The molecule has 1 aliphatic rings. The fourth-order valence-corrected chi connectivity index (χ4v) is 4.25. The molecule has 1 saturated heterocycles. The molecule has 2 nitrogen and oxygen atoms in total. The van der Waals surface area contributed by atoms with Crippen molar-refractivity contribution in [2.45, 2.75) is 46.6 Å². The molecule has 1 heterocycles. The Morgan fingerprint density at radius 2 is 1.74 bits per heavy atom. The topological polar surface area (TPSA) is 27.0 Å². The minimum absolute atomic E-state index is 0.0840. The van der Waals surface area contributed by atoms with Gasteiger partial charge in [-0.1, -0.05) is 63.2 Å². The Morgan fingerprint density at radius 1 is 1.07 bits per heavy atom. The molecule has 0 unspecified atom stereocenters. The van der Waals surface area contributed by atoms with Crippen LogP contribution in [0.1, 0.15) is 45.6 Å². The van der Waals surface area contributed by atoms with E-state index in [-0.39, 0.29) is 16.6 Å². The highest BCUT2D eigenvalue weighted by molar-refractivity contribution is 5.64. The Hall–Kier alpha value is -2.18. The van der Waals surface area contributed by atoms with Crippen LogP contribution in [-0.4, -0.2) is 18.0 Å². The van der Waals surface area contributed by atoms with Crippen LogP contribution < -0.4 is 0 Å². The zero-order valence-electron chi connectivity index (χ0n) is 16.6. The molecule has 3 heteroatoms. The van der Waals surface area contributed by atoms with E-state index in [0.717, 1.165) is 43.6 Å². The van der Waals surface area contributed by atoms with Crippen molar-refractivity contribution in [2.75, 3.05) is 13.1 Å². The van der Waals surface area contributed by atoms with Crippen LogP contribution in [0.2, 0.25) is 0 Å². The molecule has 0 bridgehead atoms. The van der Waals surface area contributed by atoms with Crippen molar-refractivity contribution < 1.29 is 4.39 Å². The van der Waals surface area contributed by atoms with Gasteiger partial charge < -0.3 is 0 Å². The van der Waals surface area contributed by atoms with E-state index in [2.05, 4.69) is 31.7 Å². The summed E-state index contributed by atoms with van der Waals surface area (Å²) >= 11 is 0. The third kappa shape index (κ3) is 4.22. The lowest BCUT2D eigenvalue weighted by molar-refractivity contribution is 0.00709. The van der Waals surface area contributed by atoms with Crippen molar-refractivity contribution in [2.24, 2.45) is 10.8 Å². The summed E-state index contributed by atoms with van der Waals surface area (Å²) in [5.74, 6) is -0.163. The third-order valence-corrected chi connectivity index (χ3v) is 6.35. The summed E-state index contributed by atoms with van der Waals surface area (Å²) in [6, 6.07) is 17.7. The maximum atomic E-state index is 14.6. The Balaban J connectivity index is 1.67. The van der Waals surface area contributed by atoms with Gasteiger partial charge in [-0.2, -0.15) is 5.26 Å². The van der Waals surface area contributed by atoms with E-state index in [0.29, 0.717) is 12.0 Å². The highest BCUT2D eigenvalue weighted by Crippen LogP contribution is 2.49. The lowest BCUT2D eigenvalue weighted by atomic mass is 9.60. The summed E-state index contributed by atoms with van der Waals surface area (Å²) in [6.45, 7) is 9.42. The smallest absolute Gasteiger partial charge is 0.131 e. The van der Waals surface area contributed by atoms with Crippen molar-refractivity contribution >= 4 is 0 Å². The summed E-state index contributed by atoms with van der Waals surface area (Å²) in [5, 5.41) is 9.29. The average molecular weight is 365 g/mol. The predicted molar refractivity (Wildman–Crippen MR) is 108 cm³/mol. The van der Waals surface area contributed by atoms with Crippen LogP contribution in [0.4, 0.5) is 4.39 Å². The second-order valence-electron chi connectivity index (χ2n) is 8.82. The van der Waals surface area contributed by atoms with Crippen molar-refractivity contribution in [3.05, 3.63) is 59.9 Å². The first-order chi connectivity index (χ1) is 12.8. The summed E-state index contributed by atoms with van der Waals surface area (Å²) < 4.78 is 14.6. The standard InChI is InChI=1S/C24H29FN2/c1-23(2,3)24(11-14-26)12-15-27(16-13-24)18-19-9-10-21(22(25)17-19)20-7-5-4-6-8-20/h4-10,17H,11-13,15-16,18H2,1-3H3. The molecule has 2 aromatic carbocycles. The van der Waals surface area contributed by atoms with Gasteiger partial charge in [-0.3, -0.25) is 4.90 Å². The Morgan fingerprint density at radius 3 is 2.30 bits per heavy atom. The molecule has 3 rings (SSSR count). The quantitative estimate of drug-likeness (QED) is 0.662. The molecule has 0 saturated carbocycles. The van der Waals surface area contributed by atoms with Gasteiger partial charge in [0.15, 0.2) is 0 Å². The van der Waals surface area contributed by atoms with Crippen molar-refractivity contribution in [3.8, 4) is 17.2 Å². The van der Waals surface area contributed by atoms with Crippen LogP contribution >= 0.6 is 0 Å². The summed E-state index contributed by atoms with van der Waals surface area (Å²) in [5.41, 5.74) is 2.78. The first-order valence-electron chi connectivity index (χ1n) is 9.78. The first kappa shape index (κ1) is 19.6. The Kier molecular flexibility index (Phi) is 5.67. The maximum Gasteiger partial charge on any atom is 0.131 e. The van der Waals surface area contributed by atoms with E-state index in [1.807, 2.05) is 42.5 Å². The number of piperidine rings is 1. The molecule has 2 aromatic rings. The molecule has 27 heavy (non-hydrogen) atoms. The minimum Gasteiger partial charge on any atom is -0.299 e. The second-order valence-corrected chi connectivity index (χ2v) is 8.82. The number of benzene rings is 2. The van der Waals surface area contributed by atoms with Gasteiger partial charge in [-0.05, 0) is 54.0 Å². The van der Waals surface area contributed by atoms with E-state index in [9.17, 15) is 9.65 Å². The van der Waals surface area contributed by atoms with E-state index < -0.39 is 0 Å². The van der Waals surface area contributed by atoms with Gasteiger partial charge in [0.2, 0.25) is 0 Å². The van der Waals surface area contributed by atoms with Gasteiger partial charge in [0, 0.05) is 18.5 Å². The lowest BCUT2D eigenvalue weighted by Gasteiger charge is -2.49. The molecule has 0 radical (unpaired) electrons. The molecule has 142 valence electrons. The molecule has 0 aliphatic carbocycles. The fourth-order valence-electron chi connectivity index (χ4n) is 4.25.